The Labute approximate surface area is 130 Å². The lowest BCUT2D eigenvalue weighted by Crippen LogP contribution is -2.24. The first-order valence-electron chi connectivity index (χ1n) is 7.76. The lowest BCUT2D eigenvalue weighted by molar-refractivity contribution is -0.119. The van der Waals surface area contributed by atoms with Gasteiger partial charge in [-0.1, -0.05) is 30.3 Å². The molecule has 5 heteroatoms. The molecule has 2 unspecified atom stereocenters. The van der Waals surface area contributed by atoms with Gasteiger partial charge in [-0.15, -0.1) is 0 Å². The van der Waals surface area contributed by atoms with Crippen LogP contribution in [0.1, 0.15) is 30.5 Å². The van der Waals surface area contributed by atoms with Crippen LogP contribution in [0.25, 0.3) is 0 Å². The molecule has 0 spiro atoms. The Morgan fingerprint density at radius 2 is 2.14 bits per heavy atom. The summed E-state index contributed by atoms with van der Waals surface area (Å²) in [5, 5.41) is 7.50. The number of nitrogens with zero attached hydrogens (tertiary/aromatic N) is 2. The SMILES string of the molecule is Cc1cc(NC(=O)C2CCC(N)C2)n(Cc2ccccc2)n1. The number of hydrogen-bond acceptors (Lipinski definition) is 3. The van der Waals surface area contributed by atoms with E-state index in [1.165, 1.54) is 0 Å². The van der Waals surface area contributed by atoms with Crippen molar-refractivity contribution in [3.63, 3.8) is 0 Å². The van der Waals surface area contributed by atoms with Gasteiger partial charge in [0.2, 0.25) is 5.91 Å². The number of rotatable bonds is 4. The molecule has 1 amide bonds. The second-order valence-electron chi connectivity index (χ2n) is 6.07. The van der Waals surface area contributed by atoms with Crippen LogP contribution in [0, 0.1) is 12.8 Å². The number of hydrogen-bond donors (Lipinski definition) is 2. The molecule has 2 aromatic rings. The van der Waals surface area contributed by atoms with E-state index in [0.29, 0.717) is 6.54 Å². The normalized spacial score (nSPS) is 21.0. The fourth-order valence-corrected chi connectivity index (χ4v) is 3.01. The molecule has 1 fully saturated rings. The molecular formula is C17H22N4O. The molecule has 1 aliphatic rings. The lowest BCUT2D eigenvalue weighted by Gasteiger charge is -2.12. The van der Waals surface area contributed by atoms with Gasteiger partial charge in [-0.3, -0.25) is 4.79 Å². The van der Waals surface area contributed by atoms with Crippen LogP contribution in [-0.4, -0.2) is 21.7 Å². The van der Waals surface area contributed by atoms with Crippen molar-refractivity contribution < 1.29 is 4.79 Å². The molecule has 1 heterocycles. The molecule has 2 atom stereocenters. The second kappa shape index (κ2) is 6.32. The van der Waals surface area contributed by atoms with Crippen molar-refractivity contribution in [3.05, 3.63) is 47.7 Å². The zero-order chi connectivity index (χ0) is 15.5. The highest BCUT2D eigenvalue weighted by Crippen LogP contribution is 2.25. The van der Waals surface area contributed by atoms with Gasteiger partial charge in [0.15, 0.2) is 0 Å². The molecule has 0 aliphatic heterocycles. The van der Waals surface area contributed by atoms with Gasteiger partial charge < -0.3 is 11.1 Å². The minimum Gasteiger partial charge on any atom is -0.328 e. The number of carbonyl (C=O) groups excluding carboxylic acids is 1. The molecule has 116 valence electrons. The second-order valence-corrected chi connectivity index (χ2v) is 6.07. The number of carbonyl (C=O) groups is 1. The van der Waals surface area contributed by atoms with Crippen LogP contribution in [0.2, 0.25) is 0 Å². The number of anilines is 1. The van der Waals surface area contributed by atoms with Gasteiger partial charge in [0.05, 0.1) is 12.2 Å². The Hall–Kier alpha value is -2.14. The summed E-state index contributed by atoms with van der Waals surface area (Å²) in [5.74, 6) is 0.837. The number of nitrogens with one attached hydrogen (secondary N) is 1. The van der Waals surface area contributed by atoms with E-state index in [0.717, 1.165) is 36.3 Å². The van der Waals surface area contributed by atoms with Crippen LogP contribution in [0.4, 0.5) is 5.82 Å². The van der Waals surface area contributed by atoms with Crippen molar-refractivity contribution >= 4 is 11.7 Å². The number of nitrogens with two attached hydrogens (primary N) is 1. The van der Waals surface area contributed by atoms with Crippen LogP contribution in [-0.2, 0) is 11.3 Å². The quantitative estimate of drug-likeness (QED) is 0.909. The summed E-state index contributed by atoms with van der Waals surface area (Å²) in [5.41, 5.74) is 7.95. The smallest absolute Gasteiger partial charge is 0.228 e. The van der Waals surface area contributed by atoms with Gasteiger partial charge in [0.25, 0.3) is 0 Å². The highest BCUT2D eigenvalue weighted by Gasteiger charge is 2.28. The molecule has 1 aromatic carbocycles. The van der Waals surface area contributed by atoms with Gasteiger partial charge in [0, 0.05) is 18.0 Å². The van der Waals surface area contributed by atoms with Gasteiger partial charge in [-0.05, 0) is 31.7 Å². The number of benzene rings is 1. The number of amides is 1. The van der Waals surface area contributed by atoms with Crippen molar-refractivity contribution in [2.24, 2.45) is 11.7 Å². The Balaban J connectivity index is 1.72. The van der Waals surface area contributed by atoms with E-state index in [1.807, 2.05) is 35.9 Å². The summed E-state index contributed by atoms with van der Waals surface area (Å²) < 4.78 is 1.84. The van der Waals surface area contributed by atoms with E-state index in [-0.39, 0.29) is 17.9 Å². The zero-order valence-corrected chi connectivity index (χ0v) is 12.8. The highest BCUT2D eigenvalue weighted by molar-refractivity contribution is 5.92. The molecule has 0 radical (unpaired) electrons. The fraction of sp³-hybridized carbons (Fsp3) is 0.412. The summed E-state index contributed by atoms with van der Waals surface area (Å²) >= 11 is 0. The number of aryl methyl sites for hydroxylation is 1. The molecular weight excluding hydrogens is 276 g/mol. The molecule has 0 saturated heterocycles. The maximum atomic E-state index is 12.4. The third-order valence-electron chi connectivity index (χ3n) is 4.17. The summed E-state index contributed by atoms with van der Waals surface area (Å²) in [6.07, 6.45) is 2.58. The lowest BCUT2D eigenvalue weighted by atomic mass is 10.1. The predicted octanol–water partition coefficient (Wildman–Crippen LogP) is 2.31. The molecule has 5 nitrogen and oxygen atoms in total. The van der Waals surface area contributed by atoms with E-state index in [2.05, 4.69) is 22.5 Å². The summed E-state index contributed by atoms with van der Waals surface area (Å²) in [6.45, 7) is 2.58. The van der Waals surface area contributed by atoms with Crippen LogP contribution in [0.5, 0.6) is 0 Å². The molecule has 3 rings (SSSR count). The zero-order valence-electron chi connectivity index (χ0n) is 12.8. The summed E-state index contributed by atoms with van der Waals surface area (Å²) in [6, 6.07) is 12.2. The van der Waals surface area contributed by atoms with E-state index in [9.17, 15) is 4.79 Å². The predicted molar refractivity (Wildman–Crippen MR) is 86.5 cm³/mol. The van der Waals surface area contributed by atoms with E-state index < -0.39 is 0 Å². The average Bonchev–Trinajstić information content (AvgIpc) is 3.07. The Morgan fingerprint density at radius 1 is 1.36 bits per heavy atom. The first-order valence-corrected chi connectivity index (χ1v) is 7.76. The monoisotopic (exact) mass is 298 g/mol. The average molecular weight is 298 g/mol. The molecule has 1 saturated carbocycles. The van der Waals surface area contributed by atoms with Gasteiger partial charge in [-0.25, -0.2) is 4.68 Å². The number of aromatic nitrogens is 2. The van der Waals surface area contributed by atoms with E-state index in [1.54, 1.807) is 0 Å². The third-order valence-corrected chi connectivity index (χ3v) is 4.17. The highest BCUT2D eigenvalue weighted by atomic mass is 16.2. The fourth-order valence-electron chi connectivity index (χ4n) is 3.01. The Bertz CT molecular complexity index is 650. The van der Waals surface area contributed by atoms with E-state index >= 15 is 0 Å². The van der Waals surface area contributed by atoms with Crippen LogP contribution in [0.15, 0.2) is 36.4 Å². The summed E-state index contributed by atoms with van der Waals surface area (Å²) in [4.78, 5) is 12.4. The first kappa shape index (κ1) is 14.8. The van der Waals surface area contributed by atoms with Crippen molar-refractivity contribution in [1.82, 2.24) is 9.78 Å². The molecule has 3 N–H and O–H groups in total. The Morgan fingerprint density at radius 3 is 2.82 bits per heavy atom. The topological polar surface area (TPSA) is 72.9 Å². The third kappa shape index (κ3) is 3.36. The first-order chi connectivity index (χ1) is 10.6. The largest absolute Gasteiger partial charge is 0.328 e. The molecule has 1 aromatic heterocycles. The standard InChI is InChI=1S/C17H22N4O/c1-12-9-16(19-17(22)14-7-8-15(18)10-14)21(20-12)11-13-5-3-2-4-6-13/h2-6,9,14-15H,7-8,10-11,18H2,1H3,(H,19,22). The molecule has 22 heavy (non-hydrogen) atoms. The van der Waals surface area contributed by atoms with Crippen molar-refractivity contribution in [3.8, 4) is 0 Å². The van der Waals surface area contributed by atoms with Gasteiger partial charge >= 0.3 is 0 Å². The van der Waals surface area contributed by atoms with Crippen molar-refractivity contribution in [1.29, 1.82) is 0 Å². The van der Waals surface area contributed by atoms with E-state index in [4.69, 9.17) is 5.73 Å². The minimum absolute atomic E-state index is 0.0235. The van der Waals surface area contributed by atoms with Crippen molar-refractivity contribution in [2.75, 3.05) is 5.32 Å². The van der Waals surface area contributed by atoms with Gasteiger partial charge in [-0.2, -0.15) is 5.10 Å². The summed E-state index contributed by atoms with van der Waals surface area (Å²) in [7, 11) is 0. The minimum atomic E-state index is 0.0235. The molecule has 0 bridgehead atoms. The van der Waals surface area contributed by atoms with Gasteiger partial charge in [0.1, 0.15) is 5.82 Å². The van der Waals surface area contributed by atoms with Crippen LogP contribution < -0.4 is 11.1 Å². The molecule has 1 aliphatic carbocycles. The van der Waals surface area contributed by atoms with Crippen LogP contribution in [0.3, 0.4) is 0 Å². The Kier molecular flexibility index (Phi) is 4.24. The maximum Gasteiger partial charge on any atom is 0.228 e. The van der Waals surface area contributed by atoms with Crippen LogP contribution >= 0.6 is 0 Å². The maximum absolute atomic E-state index is 12.4. The van der Waals surface area contributed by atoms with Crippen molar-refractivity contribution in [2.45, 2.75) is 38.8 Å².